The third-order valence-corrected chi connectivity index (χ3v) is 15.9. The second kappa shape index (κ2) is 11.4. The Bertz CT molecular complexity index is 1530. The van der Waals surface area contributed by atoms with E-state index in [9.17, 15) is 0 Å². The highest BCUT2D eigenvalue weighted by molar-refractivity contribution is 14.1. The van der Waals surface area contributed by atoms with Crippen molar-refractivity contribution in [2.24, 2.45) is 0 Å². The van der Waals surface area contributed by atoms with E-state index in [0.29, 0.717) is 0 Å². The lowest BCUT2D eigenvalue weighted by atomic mass is 9.70. The lowest BCUT2D eigenvalue weighted by Gasteiger charge is -2.31. The molecule has 6 rings (SSSR count). The molecule has 0 unspecified atom stereocenters. The number of halogens is 2. The van der Waals surface area contributed by atoms with E-state index in [1.54, 1.807) is 0 Å². The van der Waals surface area contributed by atoms with Gasteiger partial charge in [-0.15, -0.1) is 23.5 Å². The van der Waals surface area contributed by atoms with Crippen molar-refractivity contribution in [3.05, 3.63) is 102 Å². The zero-order valence-corrected chi connectivity index (χ0v) is 32.8. The van der Waals surface area contributed by atoms with Crippen LogP contribution in [-0.4, -0.2) is 27.7 Å². The molecular weight excluding hydrogens is 794 g/mol. The van der Waals surface area contributed by atoms with Crippen LogP contribution in [0.4, 0.5) is 0 Å². The Morgan fingerprint density at radius 1 is 0.512 bits per heavy atom. The van der Waals surface area contributed by atoms with Crippen LogP contribution in [0, 0.1) is 7.14 Å². The van der Waals surface area contributed by atoms with E-state index in [-0.39, 0.29) is 5.41 Å². The first-order chi connectivity index (χ1) is 19.4. The minimum atomic E-state index is -1.06. The van der Waals surface area contributed by atoms with Crippen LogP contribution >= 0.6 is 68.7 Å². The van der Waals surface area contributed by atoms with Crippen LogP contribution < -0.4 is 0 Å². The Morgan fingerprint density at radius 3 is 1.32 bits per heavy atom. The topological polar surface area (TPSA) is 0 Å². The van der Waals surface area contributed by atoms with Crippen LogP contribution in [0.1, 0.15) is 22.3 Å². The van der Waals surface area contributed by atoms with E-state index < -0.39 is 16.1 Å². The fourth-order valence-electron chi connectivity index (χ4n) is 6.27. The molecule has 0 saturated carbocycles. The van der Waals surface area contributed by atoms with Crippen molar-refractivity contribution in [3.8, 4) is 22.3 Å². The zero-order chi connectivity index (χ0) is 29.2. The van der Waals surface area contributed by atoms with Gasteiger partial charge >= 0.3 is 0 Å². The molecule has 0 saturated heterocycles. The molecule has 0 bridgehead atoms. The van der Waals surface area contributed by atoms with Crippen LogP contribution in [-0.2, 0) is 5.41 Å². The Labute approximate surface area is 284 Å². The van der Waals surface area contributed by atoms with Crippen molar-refractivity contribution in [2.75, 3.05) is 11.5 Å². The number of benzene rings is 4. The molecule has 212 valence electrons. The normalized spacial score (nSPS) is 14.6. The smallest absolute Gasteiger partial charge is 0.0726 e. The standard InChI is InChI=1S/C35H38I2S2Si2/c1-40(2,3)17-15-38-25-9-13-31-29(21-25)30-22-26(39-16-18-41(4,5)6)10-14-32(30)35(31)33-19-23(36)7-11-27(33)28-12-8-24(37)20-34(28)35/h7-14,19-22H,15-18H2,1-6H3. The van der Waals surface area contributed by atoms with Crippen molar-refractivity contribution in [3.63, 3.8) is 0 Å². The van der Waals surface area contributed by atoms with Gasteiger partial charge in [-0.25, -0.2) is 0 Å². The van der Waals surface area contributed by atoms with Gasteiger partial charge in [-0.2, -0.15) is 0 Å². The Kier molecular flexibility index (Phi) is 8.51. The highest BCUT2D eigenvalue weighted by Gasteiger charge is 2.52. The predicted octanol–water partition coefficient (Wildman–Crippen LogP) is 12.1. The molecule has 1 spiro atoms. The van der Waals surface area contributed by atoms with Crippen LogP contribution in [0.2, 0.25) is 51.4 Å². The molecule has 4 aromatic carbocycles. The summed E-state index contributed by atoms with van der Waals surface area (Å²) in [7, 11) is -2.12. The van der Waals surface area contributed by atoms with Gasteiger partial charge < -0.3 is 0 Å². The summed E-state index contributed by atoms with van der Waals surface area (Å²) in [5, 5.41) is 0. The fourth-order valence-corrected chi connectivity index (χ4v) is 14.2. The lowest BCUT2D eigenvalue weighted by Crippen LogP contribution is -2.26. The van der Waals surface area contributed by atoms with E-state index in [4.69, 9.17) is 0 Å². The average Bonchev–Trinajstić information content (AvgIpc) is 3.32. The van der Waals surface area contributed by atoms with Crippen LogP contribution in [0.3, 0.4) is 0 Å². The molecule has 0 radical (unpaired) electrons. The van der Waals surface area contributed by atoms with Crippen LogP contribution in [0.15, 0.2) is 82.6 Å². The van der Waals surface area contributed by atoms with Gasteiger partial charge in [0, 0.05) is 33.1 Å². The maximum atomic E-state index is 2.52. The first-order valence-corrected chi connectivity index (χ1v) is 26.1. The van der Waals surface area contributed by atoms with E-state index >= 15 is 0 Å². The summed E-state index contributed by atoms with van der Waals surface area (Å²) >= 11 is 9.10. The third-order valence-electron chi connectivity index (χ3n) is 8.38. The van der Waals surface area contributed by atoms with Gasteiger partial charge in [0.05, 0.1) is 5.41 Å². The second-order valence-electron chi connectivity index (χ2n) is 13.9. The van der Waals surface area contributed by atoms with Crippen molar-refractivity contribution >= 4 is 84.9 Å². The summed E-state index contributed by atoms with van der Waals surface area (Å²) < 4.78 is 2.60. The molecule has 4 aromatic rings. The summed E-state index contributed by atoms with van der Waals surface area (Å²) in [4.78, 5) is 2.82. The Hall–Kier alpha value is -0.526. The van der Waals surface area contributed by atoms with E-state index in [1.807, 2.05) is 23.5 Å². The van der Waals surface area contributed by atoms with Gasteiger partial charge in [0.15, 0.2) is 0 Å². The molecule has 0 atom stereocenters. The first kappa shape index (κ1) is 30.5. The molecule has 0 amide bonds. The minimum absolute atomic E-state index is 0.263. The van der Waals surface area contributed by atoms with Gasteiger partial charge in [0.2, 0.25) is 0 Å². The van der Waals surface area contributed by atoms with Crippen molar-refractivity contribution in [1.29, 1.82) is 0 Å². The molecule has 0 aliphatic heterocycles. The van der Waals surface area contributed by atoms with Gasteiger partial charge in [0.25, 0.3) is 0 Å². The largest absolute Gasteiger partial charge is 0.126 e. The number of hydrogen-bond donors (Lipinski definition) is 0. The molecule has 41 heavy (non-hydrogen) atoms. The highest BCUT2D eigenvalue weighted by atomic mass is 127. The number of hydrogen-bond acceptors (Lipinski definition) is 2. The third kappa shape index (κ3) is 5.83. The first-order valence-electron chi connectivity index (χ1n) is 14.5. The molecule has 2 aliphatic carbocycles. The average molecular weight is 833 g/mol. The summed E-state index contributed by atoms with van der Waals surface area (Å²) in [5.74, 6) is 2.42. The molecule has 0 N–H and O–H groups in total. The van der Waals surface area contributed by atoms with E-state index in [0.717, 1.165) is 0 Å². The molecule has 0 fully saturated rings. The number of rotatable bonds is 8. The molecule has 0 nitrogen and oxygen atoms in total. The maximum Gasteiger partial charge on any atom is 0.0726 e. The van der Waals surface area contributed by atoms with Gasteiger partial charge in [-0.1, -0.05) is 63.5 Å². The van der Waals surface area contributed by atoms with Crippen molar-refractivity contribution in [1.82, 2.24) is 0 Å². The Balaban J connectivity index is 1.54. The van der Waals surface area contributed by atoms with E-state index in [1.165, 1.54) is 85.0 Å². The number of thioether (sulfide) groups is 2. The summed E-state index contributed by atoms with van der Waals surface area (Å²) in [6.45, 7) is 14.9. The number of fused-ring (bicyclic) bond motifs is 10. The van der Waals surface area contributed by atoms with Crippen LogP contribution in [0.25, 0.3) is 22.3 Å². The fraction of sp³-hybridized carbons (Fsp3) is 0.314. The monoisotopic (exact) mass is 832 g/mol. The van der Waals surface area contributed by atoms with Crippen molar-refractivity contribution in [2.45, 2.75) is 66.6 Å². The van der Waals surface area contributed by atoms with Gasteiger partial charge in [-0.3, -0.25) is 0 Å². The predicted molar refractivity (Wildman–Crippen MR) is 206 cm³/mol. The molecule has 0 aromatic heterocycles. The molecule has 6 heteroatoms. The maximum absolute atomic E-state index is 2.52. The summed E-state index contributed by atoms with van der Waals surface area (Å²) in [6, 6.07) is 31.7. The van der Waals surface area contributed by atoms with E-state index in [2.05, 4.69) is 157 Å². The Morgan fingerprint density at radius 2 is 0.927 bits per heavy atom. The SMILES string of the molecule is C[Si](C)(C)CCSc1ccc2c(c1)-c1cc(SCC[Si](C)(C)C)ccc1C21c2cc(I)ccc2-c2ccc(I)cc21. The molecule has 0 heterocycles. The zero-order valence-electron chi connectivity index (χ0n) is 24.8. The highest BCUT2D eigenvalue weighted by Crippen LogP contribution is 2.63. The quantitative estimate of drug-likeness (QED) is 0.0851. The summed E-state index contributed by atoms with van der Waals surface area (Å²) in [5.41, 5.74) is 11.2. The minimum Gasteiger partial charge on any atom is -0.126 e. The van der Waals surface area contributed by atoms with Crippen LogP contribution in [0.5, 0.6) is 0 Å². The molecule has 2 aliphatic rings. The van der Waals surface area contributed by atoms with Crippen molar-refractivity contribution < 1.29 is 0 Å². The summed E-state index contributed by atoms with van der Waals surface area (Å²) in [6.07, 6.45) is 0. The van der Waals surface area contributed by atoms with Gasteiger partial charge in [0.1, 0.15) is 0 Å². The lowest BCUT2D eigenvalue weighted by molar-refractivity contribution is 0.790. The second-order valence-corrected chi connectivity index (χ2v) is 29.9. The van der Waals surface area contributed by atoms with Gasteiger partial charge in [-0.05, 0) is 162 Å². The molecular formula is C35H38I2S2Si2.